The van der Waals surface area contributed by atoms with Gasteiger partial charge in [-0.1, -0.05) is 31.5 Å². The number of benzene rings is 2. The first-order valence-corrected chi connectivity index (χ1v) is 11.2. The van der Waals surface area contributed by atoms with E-state index >= 15 is 0 Å². The lowest BCUT2D eigenvalue weighted by Gasteiger charge is -2.20. The van der Waals surface area contributed by atoms with E-state index in [4.69, 9.17) is 21.1 Å². The standard InChI is InChI=1S/C23H27BrClN3O4/c1-13(2)20(27-22(29)16-7-6-8-17(25)11-16)23(30)28-26-12-15-9-18(24)21(32-14(3)4)19(10-15)31-5/h6-14,20H,1-5H3,(H,27,29)(H,28,30). The van der Waals surface area contributed by atoms with E-state index in [2.05, 4.69) is 31.8 Å². The van der Waals surface area contributed by atoms with Gasteiger partial charge in [-0.25, -0.2) is 5.43 Å². The van der Waals surface area contributed by atoms with Crippen LogP contribution in [-0.2, 0) is 4.79 Å². The quantitative estimate of drug-likeness (QED) is 0.364. The fraction of sp³-hybridized carbons (Fsp3) is 0.348. The van der Waals surface area contributed by atoms with Crippen molar-refractivity contribution >= 4 is 45.6 Å². The van der Waals surface area contributed by atoms with E-state index in [1.165, 1.54) is 6.21 Å². The number of carbonyl (C=O) groups excluding carboxylic acids is 2. The van der Waals surface area contributed by atoms with Gasteiger partial charge in [-0.2, -0.15) is 5.10 Å². The zero-order valence-corrected chi connectivity index (χ0v) is 21.0. The number of nitrogens with zero attached hydrogens (tertiary/aromatic N) is 1. The Bertz CT molecular complexity index is 995. The molecular weight excluding hydrogens is 498 g/mol. The van der Waals surface area contributed by atoms with Gasteiger partial charge >= 0.3 is 0 Å². The fourth-order valence-electron chi connectivity index (χ4n) is 2.79. The maximum absolute atomic E-state index is 12.7. The van der Waals surface area contributed by atoms with Crippen LogP contribution in [0.3, 0.4) is 0 Å². The highest BCUT2D eigenvalue weighted by Crippen LogP contribution is 2.36. The molecular formula is C23H27BrClN3O4. The van der Waals surface area contributed by atoms with Crippen LogP contribution >= 0.6 is 27.5 Å². The molecule has 0 saturated heterocycles. The minimum Gasteiger partial charge on any atom is -0.493 e. The molecule has 0 aromatic heterocycles. The lowest BCUT2D eigenvalue weighted by atomic mass is 10.0. The van der Waals surface area contributed by atoms with Gasteiger partial charge in [-0.3, -0.25) is 9.59 Å². The molecule has 0 aliphatic rings. The summed E-state index contributed by atoms with van der Waals surface area (Å²) in [4.78, 5) is 25.2. The minimum atomic E-state index is -0.776. The SMILES string of the molecule is COc1cc(C=NNC(=O)C(NC(=O)c2cccc(Cl)c2)C(C)C)cc(Br)c1OC(C)C. The van der Waals surface area contributed by atoms with Crippen LogP contribution in [0.4, 0.5) is 0 Å². The van der Waals surface area contributed by atoms with E-state index < -0.39 is 11.9 Å². The highest BCUT2D eigenvalue weighted by atomic mass is 79.9. The highest BCUT2D eigenvalue weighted by molar-refractivity contribution is 9.10. The number of hydrazone groups is 1. The first kappa shape index (κ1) is 25.7. The predicted molar refractivity (Wildman–Crippen MR) is 130 cm³/mol. The monoisotopic (exact) mass is 523 g/mol. The Morgan fingerprint density at radius 3 is 2.47 bits per heavy atom. The highest BCUT2D eigenvalue weighted by Gasteiger charge is 2.24. The topological polar surface area (TPSA) is 89.0 Å². The first-order chi connectivity index (χ1) is 15.1. The van der Waals surface area contributed by atoms with E-state index in [1.54, 1.807) is 43.5 Å². The van der Waals surface area contributed by atoms with Crippen molar-refractivity contribution in [2.75, 3.05) is 7.11 Å². The largest absolute Gasteiger partial charge is 0.493 e. The summed E-state index contributed by atoms with van der Waals surface area (Å²) >= 11 is 9.42. The molecule has 2 aromatic rings. The first-order valence-electron chi connectivity index (χ1n) is 10.1. The summed E-state index contributed by atoms with van der Waals surface area (Å²) in [5.41, 5.74) is 3.55. The van der Waals surface area contributed by atoms with Gasteiger partial charge in [0.2, 0.25) is 0 Å². The molecule has 1 unspecified atom stereocenters. The van der Waals surface area contributed by atoms with Crippen molar-refractivity contribution in [3.05, 3.63) is 57.0 Å². The van der Waals surface area contributed by atoms with Gasteiger partial charge in [0, 0.05) is 10.6 Å². The molecule has 2 N–H and O–H groups in total. The van der Waals surface area contributed by atoms with E-state index in [1.807, 2.05) is 27.7 Å². The summed E-state index contributed by atoms with van der Waals surface area (Å²) in [6.45, 7) is 7.52. The Morgan fingerprint density at radius 2 is 1.88 bits per heavy atom. The number of rotatable bonds is 9. The fourth-order valence-corrected chi connectivity index (χ4v) is 3.54. The second kappa shape index (κ2) is 11.9. The zero-order valence-electron chi connectivity index (χ0n) is 18.6. The molecule has 0 radical (unpaired) electrons. The van der Waals surface area contributed by atoms with Crippen LogP contribution in [0.1, 0.15) is 43.6 Å². The van der Waals surface area contributed by atoms with Crippen LogP contribution in [0.5, 0.6) is 11.5 Å². The maximum Gasteiger partial charge on any atom is 0.262 e. The summed E-state index contributed by atoms with van der Waals surface area (Å²) in [6.07, 6.45) is 1.47. The molecule has 0 heterocycles. The Morgan fingerprint density at radius 1 is 1.16 bits per heavy atom. The summed E-state index contributed by atoms with van der Waals surface area (Å²) in [5, 5.41) is 7.21. The molecule has 0 spiro atoms. The smallest absolute Gasteiger partial charge is 0.262 e. The number of nitrogens with one attached hydrogen (secondary N) is 2. The van der Waals surface area contributed by atoms with E-state index in [0.29, 0.717) is 32.1 Å². The molecule has 1 atom stereocenters. The lowest BCUT2D eigenvalue weighted by Crippen LogP contribution is -2.48. The average molecular weight is 525 g/mol. The third kappa shape index (κ3) is 7.24. The summed E-state index contributed by atoms with van der Waals surface area (Å²) < 4.78 is 11.9. The van der Waals surface area contributed by atoms with Gasteiger partial charge in [-0.15, -0.1) is 0 Å². The van der Waals surface area contributed by atoms with Gasteiger partial charge in [-0.05, 0) is 71.6 Å². The summed E-state index contributed by atoms with van der Waals surface area (Å²) in [6, 6.07) is 9.30. The zero-order chi connectivity index (χ0) is 23.8. The Labute approximate surface area is 201 Å². The van der Waals surface area contributed by atoms with E-state index in [9.17, 15) is 9.59 Å². The molecule has 0 saturated carbocycles. The lowest BCUT2D eigenvalue weighted by molar-refractivity contribution is -0.123. The van der Waals surface area contributed by atoms with Crippen molar-refractivity contribution < 1.29 is 19.1 Å². The van der Waals surface area contributed by atoms with Crippen molar-refractivity contribution in [3.63, 3.8) is 0 Å². The van der Waals surface area contributed by atoms with E-state index in [0.717, 1.165) is 0 Å². The van der Waals surface area contributed by atoms with Crippen molar-refractivity contribution in [2.45, 2.75) is 39.8 Å². The molecule has 2 rings (SSSR count). The minimum absolute atomic E-state index is 0.0194. The van der Waals surface area contributed by atoms with Crippen molar-refractivity contribution in [1.29, 1.82) is 0 Å². The van der Waals surface area contributed by atoms with Gasteiger partial charge in [0.1, 0.15) is 6.04 Å². The van der Waals surface area contributed by atoms with Crippen LogP contribution < -0.4 is 20.2 Å². The molecule has 32 heavy (non-hydrogen) atoms. The number of hydrogen-bond acceptors (Lipinski definition) is 5. The van der Waals surface area contributed by atoms with Crippen molar-refractivity contribution in [3.8, 4) is 11.5 Å². The van der Waals surface area contributed by atoms with E-state index in [-0.39, 0.29) is 17.9 Å². The van der Waals surface area contributed by atoms with Crippen LogP contribution in [0.15, 0.2) is 46.0 Å². The van der Waals surface area contributed by atoms with Crippen LogP contribution in [0.2, 0.25) is 5.02 Å². The number of methoxy groups -OCH3 is 1. The average Bonchev–Trinajstić information content (AvgIpc) is 2.72. The molecule has 0 aliphatic heterocycles. The van der Waals surface area contributed by atoms with Crippen LogP contribution in [-0.4, -0.2) is 37.3 Å². The second-order valence-corrected chi connectivity index (χ2v) is 8.93. The molecule has 0 fully saturated rings. The molecule has 0 aliphatic carbocycles. The number of amides is 2. The third-order valence-corrected chi connectivity index (χ3v) is 5.14. The van der Waals surface area contributed by atoms with Crippen LogP contribution in [0.25, 0.3) is 0 Å². The molecule has 2 amide bonds. The second-order valence-electron chi connectivity index (χ2n) is 7.64. The Balaban J connectivity index is 2.09. The molecule has 172 valence electrons. The maximum atomic E-state index is 12.7. The van der Waals surface area contributed by atoms with Gasteiger partial charge in [0.15, 0.2) is 11.5 Å². The molecule has 7 nitrogen and oxygen atoms in total. The van der Waals surface area contributed by atoms with Crippen molar-refractivity contribution in [2.24, 2.45) is 11.0 Å². The van der Waals surface area contributed by atoms with Crippen molar-refractivity contribution in [1.82, 2.24) is 10.7 Å². The Hall–Kier alpha value is -2.58. The van der Waals surface area contributed by atoms with Gasteiger partial charge < -0.3 is 14.8 Å². The number of carbonyl (C=O) groups is 2. The summed E-state index contributed by atoms with van der Waals surface area (Å²) in [7, 11) is 1.55. The van der Waals surface area contributed by atoms with Gasteiger partial charge in [0.05, 0.1) is 23.9 Å². The number of hydrogen-bond donors (Lipinski definition) is 2. The third-order valence-electron chi connectivity index (χ3n) is 4.32. The summed E-state index contributed by atoms with van der Waals surface area (Å²) in [5.74, 6) is 0.147. The Kier molecular flexibility index (Phi) is 9.53. The molecule has 2 aromatic carbocycles. The predicted octanol–water partition coefficient (Wildman–Crippen LogP) is 4.80. The van der Waals surface area contributed by atoms with Gasteiger partial charge in [0.25, 0.3) is 11.8 Å². The molecule has 9 heteroatoms. The molecule has 0 bridgehead atoms. The number of halogens is 2. The normalized spacial score (nSPS) is 12.2. The van der Waals surface area contributed by atoms with Crippen LogP contribution in [0, 0.1) is 5.92 Å². The number of ether oxygens (including phenoxy) is 2.